The molecule has 0 saturated heterocycles. The van der Waals surface area contributed by atoms with Crippen LogP contribution < -0.4 is 9.47 Å². The van der Waals surface area contributed by atoms with Crippen LogP contribution in [0.2, 0.25) is 0 Å². The number of hydrogen-bond donors (Lipinski definition) is 1. The Bertz CT molecular complexity index is 1120. The SMILES string of the molecule is Cc1ccc(C)c(OCC(O)Cn2c(COc3ccccc3)nc3ccccc32)c1. The number of ether oxygens (including phenoxy) is 2. The van der Waals surface area contributed by atoms with Gasteiger partial charge in [0, 0.05) is 0 Å². The third kappa shape index (κ3) is 4.63. The minimum absolute atomic E-state index is 0.204. The summed E-state index contributed by atoms with van der Waals surface area (Å²) < 4.78 is 13.8. The van der Waals surface area contributed by atoms with E-state index in [0.717, 1.165) is 39.5 Å². The average molecular weight is 402 g/mol. The van der Waals surface area contributed by atoms with Crippen molar-refractivity contribution < 1.29 is 14.6 Å². The zero-order valence-corrected chi connectivity index (χ0v) is 17.3. The Labute approximate surface area is 176 Å². The lowest BCUT2D eigenvalue weighted by Crippen LogP contribution is -2.25. The molecule has 0 bridgehead atoms. The Kier molecular flexibility index (Phi) is 6.00. The fraction of sp³-hybridized carbons (Fsp3) is 0.240. The van der Waals surface area contributed by atoms with Gasteiger partial charge in [0.15, 0.2) is 0 Å². The van der Waals surface area contributed by atoms with Crippen molar-refractivity contribution in [3.8, 4) is 11.5 Å². The number of nitrogens with zero attached hydrogens (tertiary/aromatic N) is 2. The molecule has 0 aliphatic rings. The fourth-order valence-electron chi connectivity index (χ4n) is 3.42. The third-order valence-electron chi connectivity index (χ3n) is 5.01. The standard InChI is InChI=1S/C25H26N2O3/c1-18-12-13-19(2)24(14-18)30-16-20(28)15-27-23-11-7-6-10-22(23)26-25(27)17-29-21-8-4-3-5-9-21/h3-14,20,28H,15-17H2,1-2H3. The van der Waals surface area contributed by atoms with E-state index >= 15 is 0 Å². The van der Waals surface area contributed by atoms with Crippen molar-refractivity contribution in [2.45, 2.75) is 33.1 Å². The highest BCUT2D eigenvalue weighted by Crippen LogP contribution is 2.21. The summed E-state index contributed by atoms with van der Waals surface area (Å²) in [6.45, 7) is 4.93. The molecule has 1 unspecified atom stereocenters. The zero-order chi connectivity index (χ0) is 20.9. The predicted octanol–water partition coefficient (Wildman–Crippen LogP) is 4.67. The predicted molar refractivity (Wildman–Crippen MR) is 118 cm³/mol. The van der Waals surface area contributed by atoms with Crippen molar-refractivity contribution in [2.24, 2.45) is 0 Å². The fourth-order valence-corrected chi connectivity index (χ4v) is 3.42. The van der Waals surface area contributed by atoms with Crippen molar-refractivity contribution in [1.29, 1.82) is 0 Å². The number of aryl methyl sites for hydroxylation is 2. The van der Waals surface area contributed by atoms with Crippen LogP contribution in [0.1, 0.15) is 17.0 Å². The lowest BCUT2D eigenvalue weighted by atomic mass is 10.1. The first-order valence-electron chi connectivity index (χ1n) is 10.1. The molecule has 0 fully saturated rings. The Morgan fingerprint density at radius 1 is 0.933 bits per heavy atom. The van der Waals surface area contributed by atoms with Gasteiger partial charge >= 0.3 is 0 Å². The van der Waals surface area contributed by atoms with Crippen LogP contribution in [0, 0.1) is 13.8 Å². The number of aliphatic hydroxyl groups excluding tert-OH is 1. The molecule has 5 heteroatoms. The Balaban J connectivity index is 1.49. The molecule has 30 heavy (non-hydrogen) atoms. The van der Waals surface area contributed by atoms with Crippen molar-refractivity contribution in [3.63, 3.8) is 0 Å². The monoisotopic (exact) mass is 402 g/mol. The van der Waals surface area contributed by atoms with Crippen LogP contribution in [0.15, 0.2) is 72.8 Å². The van der Waals surface area contributed by atoms with Crippen molar-refractivity contribution in [3.05, 3.63) is 89.7 Å². The molecule has 0 amide bonds. The maximum atomic E-state index is 10.7. The quantitative estimate of drug-likeness (QED) is 0.465. The van der Waals surface area contributed by atoms with E-state index in [-0.39, 0.29) is 6.61 Å². The molecule has 1 aromatic heterocycles. The molecule has 0 aliphatic carbocycles. The highest BCUT2D eigenvalue weighted by molar-refractivity contribution is 5.75. The van der Waals surface area contributed by atoms with Gasteiger partial charge in [-0.15, -0.1) is 0 Å². The van der Waals surface area contributed by atoms with Crippen LogP contribution in [-0.2, 0) is 13.2 Å². The van der Waals surface area contributed by atoms with E-state index in [1.54, 1.807) is 0 Å². The number of para-hydroxylation sites is 3. The molecule has 1 heterocycles. The van der Waals surface area contributed by atoms with Crippen LogP contribution in [-0.4, -0.2) is 27.4 Å². The highest BCUT2D eigenvalue weighted by Gasteiger charge is 2.16. The number of benzene rings is 3. The molecule has 0 aliphatic heterocycles. The summed E-state index contributed by atoms with van der Waals surface area (Å²) in [5.41, 5.74) is 4.03. The molecule has 3 aromatic carbocycles. The van der Waals surface area contributed by atoms with Gasteiger partial charge in [0.1, 0.15) is 36.6 Å². The number of aliphatic hydroxyl groups is 1. The first-order chi connectivity index (χ1) is 14.6. The van der Waals surface area contributed by atoms with E-state index in [2.05, 4.69) is 6.07 Å². The summed E-state index contributed by atoms with van der Waals surface area (Å²) in [4.78, 5) is 4.71. The van der Waals surface area contributed by atoms with E-state index in [1.807, 2.05) is 85.1 Å². The molecule has 4 aromatic rings. The largest absolute Gasteiger partial charge is 0.491 e. The maximum Gasteiger partial charge on any atom is 0.148 e. The zero-order valence-electron chi connectivity index (χ0n) is 17.3. The van der Waals surface area contributed by atoms with Crippen LogP contribution in [0.25, 0.3) is 11.0 Å². The average Bonchev–Trinajstić information content (AvgIpc) is 3.11. The third-order valence-corrected chi connectivity index (χ3v) is 5.01. The molecule has 154 valence electrons. The summed E-state index contributed by atoms with van der Waals surface area (Å²) in [5, 5.41) is 10.7. The van der Waals surface area contributed by atoms with Gasteiger partial charge in [-0.1, -0.05) is 42.5 Å². The van der Waals surface area contributed by atoms with Gasteiger partial charge in [0.2, 0.25) is 0 Å². The second-order valence-corrected chi connectivity index (χ2v) is 7.46. The minimum atomic E-state index is -0.682. The number of imidazole rings is 1. The van der Waals surface area contributed by atoms with Gasteiger partial charge in [-0.05, 0) is 55.3 Å². The summed E-state index contributed by atoms with van der Waals surface area (Å²) >= 11 is 0. The molecule has 0 spiro atoms. The topological polar surface area (TPSA) is 56.5 Å². The number of fused-ring (bicyclic) bond motifs is 1. The molecule has 1 N–H and O–H groups in total. The normalized spacial score (nSPS) is 12.1. The minimum Gasteiger partial charge on any atom is -0.491 e. The van der Waals surface area contributed by atoms with E-state index in [9.17, 15) is 5.11 Å². The van der Waals surface area contributed by atoms with E-state index < -0.39 is 6.10 Å². The van der Waals surface area contributed by atoms with Gasteiger partial charge in [-0.3, -0.25) is 0 Å². The number of aromatic nitrogens is 2. The first kappa shape index (κ1) is 20.0. The lowest BCUT2D eigenvalue weighted by Gasteiger charge is -2.17. The molecular formula is C25H26N2O3. The van der Waals surface area contributed by atoms with Crippen molar-refractivity contribution in [1.82, 2.24) is 9.55 Å². The summed E-state index contributed by atoms with van der Waals surface area (Å²) in [6, 6.07) is 23.6. The smallest absolute Gasteiger partial charge is 0.148 e. The van der Waals surface area contributed by atoms with Crippen molar-refractivity contribution in [2.75, 3.05) is 6.61 Å². The Morgan fingerprint density at radius 2 is 1.70 bits per heavy atom. The lowest BCUT2D eigenvalue weighted by molar-refractivity contribution is 0.0914. The van der Waals surface area contributed by atoms with Crippen molar-refractivity contribution >= 4 is 11.0 Å². The highest BCUT2D eigenvalue weighted by atomic mass is 16.5. The molecule has 0 saturated carbocycles. The van der Waals surface area contributed by atoms with Crippen LogP contribution in [0.5, 0.6) is 11.5 Å². The van der Waals surface area contributed by atoms with E-state index in [4.69, 9.17) is 14.5 Å². The molecule has 0 radical (unpaired) electrons. The Morgan fingerprint density at radius 3 is 2.53 bits per heavy atom. The molecule has 1 atom stereocenters. The number of hydrogen-bond acceptors (Lipinski definition) is 4. The van der Waals surface area contributed by atoms with E-state index in [0.29, 0.717) is 13.2 Å². The second-order valence-electron chi connectivity index (χ2n) is 7.46. The second kappa shape index (κ2) is 9.01. The molecule has 4 rings (SSSR count). The molecular weight excluding hydrogens is 376 g/mol. The van der Waals surface area contributed by atoms with Crippen LogP contribution in [0.3, 0.4) is 0 Å². The Hall–Kier alpha value is -3.31. The molecule has 5 nitrogen and oxygen atoms in total. The van der Waals surface area contributed by atoms with Gasteiger partial charge in [0.25, 0.3) is 0 Å². The number of rotatable bonds is 8. The van der Waals surface area contributed by atoms with Crippen LogP contribution >= 0.6 is 0 Å². The van der Waals surface area contributed by atoms with Gasteiger partial charge < -0.3 is 19.1 Å². The summed E-state index contributed by atoms with van der Waals surface area (Å²) in [5.74, 6) is 2.36. The van der Waals surface area contributed by atoms with Gasteiger partial charge in [-0.2, -0.15) is 0 Å². The summed E-state index contributed by atoms with van der Waals surface area (Å²) in [7, 11) is 0. The summed E-state index contributed by atoms with van der Waals surface area (Å²) in [6.07, 6.45) is -0.682. The van der Waals surface area contributed by atoms with Gasteiger partial charge in [0.05, 0.1) is 17.6 Å². The van der Waals surface area contributed by atoms with Gasteiger partial charge in [-0.25, -0.2) is 4.98 Å². The first-order valence-corrected chi connectivity index (χ1v) is 10.1. The van der Waals surface area contributed by atoms with E-state index in [1.165, 1.54) is 0 Å². The maximum absolute atomic E-state index is 10.7. The van der Waals surface area contributed by atoms with Crippen LogP contribution in [0.4, 0.5) is 0 Å².